The molecule has 1 aromatic rings. The van der Waals surface area contributed by atoms with Crippen LogP contribution in [0.5, 0.6) is 11.5 Å². The molecule has 0 amide bonds. The summed E-state index contributed by atoms with van der Waals surface area (Å²) in [5, 5.41) is 21.3. The summed E-state index contributed by atoms with van der Waals surface area (Å²) in [4.78, 5) is 0. The van der Waals surface area contributed by atoms with Gasteiger partial charge in [0.1, 0.15) is 30.4 Å². The van der Waals surface area contributed by atoms with Gasteiger partial charge in [-0.2, -0.15) is 0 Å². The minimum atomic E-state index is -0.460. The fraction of sp³-hybridized carbons (Fsp3) is 0.417. The summed E-state index contributed by atoms with van der Waals surface area (Å²) < 4.78 is 10.8. The highest BCUT2D eigenvalue weighted by molar-refractivity contribution is 6.05. The topological polar surface area (TPSA) is 71.3 Å². The van der Waals surface area contributed by atoms with Crippen molar-refractivity contribution in [1.29, 1.82) is 0 Å². The van der Waals surface area contributed by atoms with Crippen LogP contribution in [0.25, 0.3) is 0 Å². The third-order valence-corrected chi connectivity index (χ3v) is 2.66. The molecule has 2 rings (SSSR count). The molecular formula is C12H15NO4. The predicted octanol–water partition coefficient (Wildman–Crippen LogP) is 1.41. The number of hydrogen-bond acceptors (Lipinski definition) is 5. The summed E-state index contributed by atoms with van der Waals surface area (Å²) >= 11 is 0. The Morgan fingerprint density at radius 2 is 2.35 bits per heavy atom. The van der Waals surface area contributed by atoms with Crippen molar-refractivity contribution in [3.8, 4) is 11.5 Å². The maximum atomic E-state index is 9.38. The molecule has 1 aromatic carbocycles. The van der Waals surface area contributed by atoms with Crippen LogP contribution in [0.3, 0.4) is 0 Å². The summed E-state index contributed by atoms with van der Waals surface area (Å²) in [6.45, 7) is 2.42. The van der Waals surface area contributed by atoms with E-state index in [4.69, 9.17) is 14.7 Å². The molecule has 0 saturated heterocycles. The van der Waals surface area contributed by atoms with Crippen LogP contribution in [-0.2, 0) is 0 Å². The first-order valence-electron chi connectivity index (χ1n) is 5.53. The largest absolute Gasteiger partial charge is 0.491 e. The van der Waals surface area contributed by atoms with E-state index in [0.29, 0.717) is 23.6 Å². The SMILES string of the molecule is CCC(O)COc1ccc2c(c1)OCC2=NO. The Labute approximate surface area is 99.3 Å². The van der Waals surface area contributed by atoms with Gasteiger partial charge in [0.15, 0.2) is 0 Å². The van der Waals surface area contributed by atoms with Crippen LogP contribution in [0, 0.1) is 0 Å². The third-order valence-electron chi connectivity index (χ3n) is 2.66. The zero-order valence-corrected chi connectivity index (χ0v) is 9.59. The van der Waals surface area contributed by atoms with Crippen LogP contribution in [0.15, 0.2) is 23.4 Å². The van der Waals surface area contributed by atoms with Crippen LogP contribution >= 0.6 is 0 Å². The second-order valence-electron chi connectivity index (χ2n) is 3.87. The molecule has 0 saturated carbocycles. The van der Waals surface area contributed by atoms with Crippen LogP contribution in [0.4, 0.5) is 0 Å². The van der Waals surface area contributed by atoms with Crippen LogP contribution in [-0.4, -0.2) is 35.3 Å². The zero-order chi connectivity index (χ0) is 12.3. The average Bonchev–Trinajstić information content (AvgIpc) is 2.78. The summed E-state index contributed by atoms with van der Waals surface area (Å²) in [6, 6.07) is 5.28. The summed E-state index contributed by atoms with van der Waals surface area (Å²) in [5.41, 5.74) is 1.29. The molecule has 0 fully saturated rings. The molecule has 1 heterocycles. The van der Waals surface area contributed by atoms with E-state index in [1.807, 2.05) is 6.92 Å². The highest BCUT2D eigenvalue weighted by Crippen LogP contribution is 2.29. The first-order chi connectivity index (χ1) is 8.24. The summed E-state index contributed by atoms with van der Waals surface area (Å²) in [7, 11) is 0. The van der Waals surface area contributed by atoms with E-state index in [0.717, 1.165) is 5.56 Å². The first kappa shape index (κ1) is 11.7. The Balaban J connectivity index is 2.08. The normalized spacial score (nSPS) is 17.6. The van der Waals surface area contributed by atoms with Crippen LogP contribution < -0.4 is 9.47 Å². The van der Waals surface area contributed by atoms with E-state index in [9.17, 15) is 5.11 Å². The fourth-order valence-corrected chi connectivity index (χ4v) is 1.57. The number of fused-ring (bicyclic) bond motifs is 1. The monoisotopic (exact) mass is 237 g/mol. The van der Waals surface area contributed by atoms with Gasteiger partial charge < -0.3 is 19.8 Å². The third kappa shape index (κ3) is 2.50. The van der Waals surface area contributed by atoms with E-state index in [1.54, 1.807) is 18.2 Å². The minimum Gasteiger partial charge on any atom is -0.491 e. The lowest BCUT2D eigenvalue weighted by Crippen LogP contribution is -2.15. The van der Waals surface area contributed by atoms with Gasteiger partial charge in [0.25, 0.3) is 0 Å². The Hall–Kier alpha value is -1.75. The number of benzene rings is 1. The van der Waals surface area contributed by atoms with Gasteiger partial charge in [0.05, 0.1) is 6.10 Å². The van der Waals surface area contributed by atoms with Gasteiger partial charge in [0, 0.05) is 11.6 Å². The second kappa shape index (κ2) is 5.05. The average molecular weight is 237 g/mol. The summed E-state index contributed by atoms with van der Waals surface area (Å²) in [5.74, 6) is 1.27. The smallest absolute Gasteiger partial charge is 0.134 e. The number of aliphatic hydroxyl groups is 1. The van der Waals surface area contributed by atoms with Gasteiger partial charge in [-0.05, 0) is 18.6 Å². The highest BCUT2D eigenvalue weighted by atomic mass is 16.5. The Kier molecular flexibility index (Phi) is 3.49. The molecule has 0 spiro atoms. The molecule has 1 atom stereocenters. The number of aliphatic hydroxyl groups excluding tert-OH is 1. The van der Waals surface area contributed by atoms with Crippen molar-refractivity contribution >= 4 is 5.71 Å². The number of rotatable bonds is 4. The van der Waals surface area contributed by atoms with Crippen molar-refractivity contribution in [2.75, 3.05) is 13.2 Å². The molecule has 92 valence electrons. The molecule has 0 radical (unpaired) electrons. The molecule has 1 unspecified atom stereocenters. The number of ether oxygens (including phenoxy) is 2. The van der Waals surface area contributed by atoms with E-state index in [2.05, 4.69) is 5.16 Å². The molecule has 5 nitrogen and oxygen atoms in total. The number of oxime groups is 1. The Bertz CT molecular complexity index is 431. The first-order valence-corrected chi connectivity index (χ1v) is 5.53. The zero-order valence-electron chi connectivity index (χ0n) is 9.59. The maximum absolute atomic E-state index is 9.38. The van der Waals surface area contributed by atoms with Crippen molar-refractivity contribution in [3.05, 3.63) is 23.8 Å². The van der Waals surface area contributed by atoms with Crippen molar-refractivity contribution < 1.29 is 19.8 Å². The summed E-state index contributed by atoms with van der Waals surface area (Å²) in [6.07, 6.45) is 0.196. The number of hydrogen-bond donors (Lipinski definition) is 2. The lowest BCUT2D eigenvalue weighted by molar-refractivity contribution is 0.104. The fourth-order valence-electron chi connectivity index (χ4n) is 1.57. The standard InChI is InChI=1S/C12H15NO4/c1-2-8(14)6-16-9-3-4-10-11(13-15)7-17-12(10)5-9/h3-5,8,14-15H,2,6-7H2,1H3. The van der Waals surface area contributed by atoms with Crippen molar-refractivity contribution in [1.82, 2.24) is 0 Å². The quantitative estimate of drug-likeness (QED) is 0.613. The van der Waals surface area contributed by atoms with E-state index >= 15 is 0 Å². The number of nitrogens with zero attached hydrogens (tertiary/aromatic N) is 1. The van der Waals surface area contributed by atoms with Gasteiger partial charge in [-0.1, -0.05) is 12.1 Å². The van der Waals surface area contributed by atoms with Crippen LogP contribution in [0.1, 0.15) is 18.9 Å². The predicted molar refractivity (Wildman–Crippen MR) is 62.1 cm³/mol. The van der Waals surface area contributed by atoms with Gasteiger partial charge in [-0.15, -0.1) is 0 Å². The highest BCUT2D eigenvalue weighted by Gasteiger charge is 2.20. The molecule has 1 aliphatic heterocycles. The van der Waals surface area contributed by atoms with E-state index in [1.165, 1.54) is 0 Å². The van der Waals surface area contributed by atoms with E-state index < -0.39 is 6.10 Å². The molecular weight excluding hydrogens is 222 g/mol. The lowest BCUT2D eigenvalue weighted by atomic mass is 10.1. The Morgan fingerprint density at radius 1 is 1.53 bits per heavy atom. The van der Waals surface area contributed by atoms with Crippen molar-refractivity contribution in [2.45, 2.75) is 19.4 Å². The Morgan fingerprint density at radius 3 is 3.06 bits per heavy atom. The molecule has 5 heteroatoms. The van der Waals surface area contributed by atoms with Crippen molar-refractivity contribution in [2.24, 2.45) is 5.16 Å². The second-order valence-corrected chi connectivity index (χ2v) is 3.87. The maximum Gasteiger partial charge on any atom is 0.134 e. The van der Waals surface area contributed by atoms with Crippen molar-refractivity contribution in [3.63, 3.8) is 0 Å². The van der Waals surface area contributed by atoms with Gasteiger partial charge >= 0.3 is 0 Å². The molecule has 2 N–H and O–H groups in total. The van der Waals surface area contributed by atoms with E-state index in [-0.39, 0.29) is 13.2 Å². The molecule has 0 aliphatic carbocycles. The van der Waals surface area contributed by atoms with Gasteiger partial charge in [0.2, 0.25) is 0 Å². The molecule has 0 aromatic heterocycles. The molecule has 1 aliphatic rings. The van der Waals surface area contributed by atoms with Crippen LogP contribution in [0.2, 0.25) is 0 Å². The molecule has 0 bridgehead atoms. The lowest BCUT2D eigenvalue weighted by Gasteiger charge is -2.10. The minimum absolute atomic E-state index is 0.260. The van der Waals surface area contributed by atoms with Gasteiger partial charge in [-0.25, -0.2) is 0 Å². The molecule has 17 heavy (non-hydrogen) atoms. The van der Waals surface area contributed by atoms with Gasteiger partial charge in [-0.3, -0.25) is 0 Å².